The second-order valence-electron chi connectivity index (χ2n) is 5.41. The maximum absolute atomic E-state index is 12.1. The first kappa shape index (κ1) is 19.3. The van der Waals surface area contributed by atoms with Gasteiger partial charge in [-0.15, -0.1) is 0 Å². The van der Waals surface area contributed by atoms with E-state index in [9.17, 15) is 19.7 Å². The zero-order chi connectivity index (χ0) is 19.1. The summed E-state index contributed by atoms with van der Waals surface area (Å²) in [6.07, 6.45) is 2.74. The van der Waals surface area contributed by atoms with Gasteiger partial charge in [-0.2, -0.15) is 0 Å². The summed E-state index contributed by atoms with van der Waals surface area (Å²) in [5, 5.41) is 13.5. The Morgan fingerprint density at radius 1 is 1.23 bits per heavy atom. The molecule has 0 radical (unpaired) electrons. The molecule has 0 spiro atoms. The molecule has 1 N–H and O–H groups in total. The first-order valence-corrected chi connectivity index (χ1v) is 8.38. The van der Waals surface area contributed by atoms with E-state index >= 15 is 0 Å². The zero-order valence-corrected chi connectivity index (χ0v) is 15.5. The van der Waals surface area contributed by atoms with Crippen molar-refractivity contribution in [3.63, 3.8) is 0 Å². The van der Waals surface area contributed by atoms with Gasteiger partial charge in [0.25, 0.3) is 5.69 Å². The smallest absolute Gasteiger partial charge is 0.270 e. The van der Waals surface area contributed by atoms with Crippen LogP contribution in [0.3, 0.4) is 0 Å². The Kier molecular flexibility index (Phi) is 6.62. The van der Waals surface area contributed by atoms with Gasteiger partial charge in [-0.3, -0.25) is 19.7 Å². The lowest BCUT2D eigenvalue weighted by Crippen LogP contribution is -2.33. The lowest BCUT2D eigenvalue weighted by atomic mass is 10.2. The van der Waals surface area contributed by atoms with Crippen LogP contribution >= 0.6 is 15.9 Å². The van der Waals surface area contributed by atoms with Crippen LogP contribution < -0.4 is 5.32 Å². The second-order valence-corrected chi connectivity index (χ2v) is 6.26. The van der Waals surface area contributed by atoms with E-state index in [1.165, 1.54) is 42.3 Å². The van der Waals surface area contributed by atoms with E-state index in [1.54, 1.807) is 24.3 Å². The molecule has 2 amide bonds. The van der Waals surface area contributed by atoms with Crippen molar-refractivity contribution in [2.75, 3.05) is 18.9 Å². The topological polar surface area (TPSA) is 92.6 Å². The van der Waals surface area contributed by atoms with Crippen molar-refractivity contribution in [2.45, 2.75) is 0 Å². The maximum Gasteiger partial charge on any atom is 0.270 e. The highest BCUT2D eigenvalue weighted by Gasteiger charge is 2.12. The SMILES string of the molecule is CN(CC(=O)Nc1ccccc1Br)C(=O)/C=C/c1cccc([N+](=O)[O-])c1. The molecule has 26 heavy (non-hydrogen) atoms. The minimum absolute atomic E-state index is 0.0548. The van der Waals surface area contributed by atoms with Crippen LogP contribution in [0.15, 0.2) is 59.1 Å². The van der Waals surface area contributed by atoms with Crippen molar-refractivity contribution in [3.05, 3.63) is 74.8 Å². The second kappa shape index (κ2) is 8.91. The molecule has 0 aliphatic rings. The number of anilines is 1. The number of nitrogens with one attached hydrogen (secondary N) is 1. The number of non-ortho nitro benzene ring substituents is 1. The van der Waals surface area contributed by atoms with E-state index in [2.05, 4.69) is 21.2 Å². The number of hydrogen-bond acceptors (Lipinski definition) is 4. The summed E-state index contributed by atoms with van der Waals surface area (Å²) in [6.45, 7) is -0.126. The largest absolute Gasteiger partial charge is 0.333 e. The minimum atomic E-state index is -0.503. The molecule has 2 aromatic rings. The molecule has 2 aromatic carbocycles. The predicted octanol–water partition coefficient (Wildman–Crippen LogP) is 3.47. The predicted molar refractivity (Wildman–Crippen MR) is 103 cm³/mol. The molecule has 0 aromatic heterocycles. The van der Waals surface area contributed by atoms with E-state index < -0.39 is 10.8 Å². The van der Waals surface area contributed by atoms with Crippen molar-refractivity contribution in [3.8, 4) is 0 Å². The summed E-state index contributed by atoms with van der Waals surface area (Å²) in [7, 11) is 1.50. The zero-order valence-electron chi connectivity index (χ0n) is 13.9. The molecule has 0 saturated heterocycles. The third-order valence-corrected chi connectivity index (χ3v) is 4.10. The number of carbonyl (C=O) groups is 2. The molecule has 0 fully saturated rings. The third-order valence-electron chi connectivity index (χ3n) is 3.40. The fraction of sp³-hybridized carbons (Fsp3) is 0.111. The van der Waals surface area contributed by atoms with Crippen molar-refractivity contribution in [1.29, 1.82) is 0 Å². The van der Waals surface area contributed by atoms with Gasteiger partial charge in [-0.25, -0.2) is 0 Å². The van der Waals surface area contributed by atoms with E-state index in [-0.39, 0.29) is 18.1 Å². The number of para-hydroxylation sites is 1. The number of likely N-dealkylation sites (N-methyl/N-ethyl adjacent to an activating group) is 1. The molecule has 0 aliphatic carbocycles. The number of nitro benzene ring substituents is 1. The number of halogens is 1. The lowest BCUT2D eigenvalue weighted by molar-refractivity contribution is -0.384. The van der Waals surface area contributed by atoms with Crippen LogP contribution in [-0.2, 0) is 9.59 Å². The van der Waals surface area contributed by atoms with Crippen molar-refractivity contribution < 1.29 is 14.5 Å². The van der Waals surface area contributed by atoms with Gasteiger partial charge >= 0.3 is 0 Å². The number of rotatable bonds is 6. The number of amides is 2. The Hall–Kier alpha value is -3.00. The van der Waals surface area contributed by atoms with Gasteiger partial charge in [-0.05, 0) is 39.7 Å². The van der Waals surface area contributed by atoms with E-state index in [0.29, 0.717) is 11.3 Å². The van der Waals surface area contributed by atoms with Gasteiger partial charge in [0.1, 0.15) is 0 Å². The average molecular weight is 418 g/mol. The monoisotopic (exact) mass is 417 g/mol. The lowest BCUT2D eigenvalue weighted by Gasteiger charge is -2.15. The summed E-state index contributed by atoms with van der Waals surface area (Å²) in [4.78, 5) is 35.7. The Labute approximate surface area is 158 Å². The summed E-state index contributed by atoms with van der Waals surface area (Å²) < 4.78 is 0.743. The first-order chi connectivity index (χ1) is 12.4. The first-order valence-electron chi connectivity index (χ1n) is 7.59. The number of benzene rings is 2. The number of hydrogen-bond donors (Lipinski definition) is 1. The molecule has 0 aliphatic heterocycles. The standard InChI is InChI=1S/C18H16BrN3O4/c1-21(12-17(23)20-16-8-3-2-7-15(16)19)18(24)10-9-13-5-4-6-14(11-13)22(25)26/h2-11H,12H2,1H3,(H,20,23)/b10-9+. The van der Waals surface area contributed by atoms with Crippen LogP contribution in [0.5, 0.6) is 0 Å². The minimum Gasteiger partial charge on any atom is -0.333 e. The van der Waals surface area contributed by atoms with E-state index in [4.69, 9.17) is 0 Å². The Morgan fingerprint density at radius 3 is 2.65 bits per heavy atom. The summed E-state index contributed by atoms with van der Waals surface area (Å²) in [6, 6.07) is 13.1. The fourth-order valence-electron chi connectivity index (χ4n) is 2.08. The number of nitrogens with zero attached hydrogens (tertiary/aromatic N) is 2. The van der Waals surface area contributed by atoms with Crippen LogP contribution in [-0.4, -0.2) is 35.2 Å². The van der Waals surface area contributed by atoms with Gasteiger partial charge in [0.05, 0.1) is 17.2 Å². The third kappa shape index (κ3) is 5.52. The van der Waals surface area contributed by atoms with Gasteiger partial charge in [-0.1, -0.05) is 24.3 Å². The molecule has 0 unspecified atom stereocenters. The highest BCUT2D eigenvalue weighted by molar-refractivity contribution is 9.10. The maximum atomic E-state index is 12.1. The quantitative estimate of drug-likeness (QED) is 0.442. The van der Waals surface area contributed by atoms with Crippen molar-refractivity contribution in [2.24, 2.45) is 0 Å². The molecule has 0 atom stereocenters. The normalized spacial score (nSPS) is 10.5. The van der Waals surface area contributed by atoms with Gasteiger partial charge in [0.2, 0.25) is 11.8 Å². The Morgan fingerprint density at radius 2 is 1.96 bits per heavy atom. The molecule has 0 saturated carbocycles. The average Bonchev–Trinajstić information content (AvgIpc) is 2.61. The number of nitro groups is 1. The molecule has 8 heteroatoms. The number of carbonyl (C=O) groups excluding carboxylic acids is 2. The molecule has 0 bridgehead atoms. The summed E-state index contributed by atoms with van der Waals surface area (Å²) in [5.74, 6) is -0.727. The Balaban J connectivity index is 1.94. The molecular weight excluding hydrogens is 402 g/mol. The fourth-order valence-corrected chi connectivity index (χ4v) is 2.47. The van der Waals surface area contributed by atoms with Crippen LogP contribution in [0.25, 0.3) is 6.08 Å². The van der Waals surface area contributed by atoms with Gasteiger partial charge < -0.3 is 10.2 Å². The van der Waals surface area contributed by atoms with Crippen LogP contribution in [0, 0.1) is 10.1 Å². The van der Waals surface area contributed by atoms with E-state index in [0.717, 1.165) is 4.47 Å². The highest BCUT2D eigenvalue weighted by atomic mass is 79.9. The van der Waals surface area contributed by atoms with Crippen LogP contribution in [0.4, 0.5) is 11.4 Å². The molecule has 134 valence electrons. The van der Waals surface area contributed by atoms with Crippen molar-refractivity contribution in [1.82, 2.24) is 4.90 Å². The highest BCUT2D eigenvalue weighted by Crippen LogP contribution is 2.21. The van der Waals surface area contributed by atoms with Crippen molar-refractivity contribution >= 4 is 45.2 Å². The summed E-state index contributed by atoms with van der Waals surface area (Å²) in [5.41, 5.74) is 1.09. The van der Waals surface area contributed by atoms with Gasteiger partial charge in [0.15, 0.2) is 0 Å². The van der Waals surface area contributed by atoms with E-state index in [1.807, 2.05) is 6.07 Å². The van der Waals surface area contributed by atoms with Gasteiger partial charge in [0, 0.05) is 29.7 Å². The molecule has 7 nitrogen and oxygen atoms in total. The molecule has 2 rings (SSSR count). The van der Waals surface area contributed by atoms with Crippen LogP contribution in [0.1, 0.15) is 5.56 Å². The van der Waals surface area contributed by atoms with Crippen LogP contribution in [0.2, 0.25) is 0 Å². The molecule has 0 heterocycles. The Bertz CT molecular complexity index is 867. The molecular formula is C18H16BrN3O4. The summed E-state index contributed by atoms with van der Waals surface area (Å²) >= 11 is 3.33.